The number of rotatable bonds is 7. The zero-order valence-electron chi connectivity index (χ0n) is 20.7. The molecular formula is C29H29N3O4. The largest absolute Gasteiger partial charge is 0.487 e. The minimum Gasteiger partial charge on any atom is -0.487 e. The van der Waals surface area contributed by atoms with Crippen LogP contribution in [0.4, 0.5) is 0 Å². The predicted octanol–water partition coefficient (Wildman–Crippen LogP) is 4.83. The van der Waals surface area contributed by atoms with Gasteiger partial charge in [0.1, 0.15) is 23.7 Å². The van der Waals surface area contributed by atoms with E-state index in [2.05, 4.69) is 21.7 Å². The van der Waals surface area contributed by atoms with E-state index in [1.165, 1.54) is 4.90 Å². The number of aromatic nitrogens is 2. The molecule has 0 aliphatic carbocycles. The van der Waals surface area contributed by atoms with E-state index >= 15 is 0 Å². The quantitative estimate of drug-likeness (QED) is 0.407. The number of nitrogens with zero attached hydrogens (tertiary/aromatic N) is 3. The highest BCUT2D eigenvalue weighted by molar-refractivity contribution is 5.98. The molecule has 4 aromatic rings. The fraction of sp³-hybridized carbons (Fsp3) is 0.276. The lowest BCUT2D eigenvalue weighted by Crippen LogP contribution is -2.35. The van der Waals surface area contributed by atoms with Gasteiger partial charge < -0.3 is 19.3 Å². The second-order valence-electron chi connectivity index (χ2n) is 9.97. The molecule has 0 saturated carbocycles. The van der Waals surface area contributed by atoms with Gasteiger partial charge in [0, 0.05) is 25.1 Å². The third-order valence-corrected chi connectivity index (χ3v) is 6.48. The SMILES string of the molecule is Cc1nc2cc(C(=O)N(CC(=O)O)Cc3ccc4c(c3)CC(C)(C)O4)ccc2n1Cc1ccccc1. The molecule has 1 aliphatic heterocycles. The van der Waals surface area contributed by atoms with Gasteiger partial charge in [-0.1, -0.05) is 42.5 Å². The summed E-state index contributed by atoms with van der Waals surface area (Å²) in [6.45, 7) is 6.49. The van der Waals surface area contributed by atoms with E-state index in [1.807, 2.05) is 63.2 Å². The Morgan fingerprint density at radius 1 is 1.06 bits per heavy atom. The minimum atomic E-state index is -1.06. The fourth-order valence-corrected chi connectivity index (χ4v) is 4.88. The van der Waals surface area contributed by atoms with Gasteiger partial charge in [-0.2, -0.15) is 0 Å². The number of hydrogen-bond acceptors (Lipinski definition) is 4. The lowest BCUT2D eigenvalue weighted by atomic mass is 10.00. The summed E-state index contributed by atoms with van der Waals surface area (Å²) in [7, 11) is 0. The molecule has 2 heterocycles. The van der Waals surface area contributed by atoms with Crippen LogP contribution in [0.2, 0.25) is 0 Å². The maximum atomic E-state index is 13.5. The first-order valence-electron chi connectivity index (χ1n) is 12.0. The van der Waals surface area contributed by atoms with Crippen molar-refractivity contribution in [3.63, 3.8) is 0 Å². The lowest BCUT2D eigenvalue weighted by Gasteiger charge is -2.21. The maximum absolute atomic E-state index is 13.5. The molecule has 0 unspecified atom stereocenters. The Morgan fingerprint density at radius 3 is 2.58 bits per heavy atom. The molecule has 0 spiro atoms. The molecule has 184 valence electrons. The molecule has 0 radical (unpaired) electrons. The van der Waals surface area contributed by atoms with E-state index < -0.39 is 12.5 Å². The molecule has 1 amide bonds. The minimum absolute atomic E-state index is 0.193. The third-order valence-electron chi connectivity index (χ3n) is 6.48. The van der Waals surface area contributed by atoms with Gasteiger partial charge in [-0.05, 0) is 61.7 Å². The molecule has 1 aliphatic rings. The molecule has 0 saturated heterocycles. The monoisotopic (exact) mass is 483 g/mol. The molecule has 36 heavy (non-hydrogen) atoms. The zero-order chi connectivity index (χ0) is 25.4. The number of ether oxygens (including phenoxy) is 1. The number of aliphatic carboxylic acids is 1. The van der Waals surface area contributed by atoms with Crippen molar-refractivity contribution in [1.82, 2.24) is 14.5 Å². The molecule has 7 nitrogen and oxygen atoms in total. The zero-order valence-corrected chi connectivity index (χ0v) is 20.7. The van der Waals surface area contributed by atoms with Crippen molar-refractivity contribution >= 4 is 22.9 Å². The molecule has 0 fully saturated rings. The first-order valence-corrected chi connectivity index (χ1v) is 12.0. The van der Waals surface area contributed by atoms with Gasteiger partial charge in [0.15, 0.2) is 0 Å². The van der Waals surface area contributed by atoms with Crippen LogP contribution in [0.1, 0.15) is 46.7 Å². The van der Waals surface area contributed by atoms with Crippen molar-refractivity contribution in [2.45, 2.75) is 45.9 Å². The summed E-state index contributed by atoms with van der Waals surface area (Å²) in [5.74, 6) is 0.292. The van der Waals surface area contributed by atoms with E-state index in [4.69, 9.17) is 4.74 Å². The van der Waals surface area contributed by atoms with E-state index in [9.17, 15) is 14.7 Å². The van der Waals surface area contributed by atoms with Gasteiger partial charge in [-0.25, -0.2) is 4.98 Å². The molecule has 7 heteroatoms. The Bertz CT molecular complexity index is 1460. The Hall–Kier alpha value is -4.13. The van der Waals surface area contributed by atoms with E-state index in [0.717, 1.165) is 40.2 Å². The Balaban J connectivity index is 1.41. The second kappa shape index (κ2) is 9.15. The van der Waals surface area contributed by atoms with Crippen LogP contribution in [0.5, 0.6) is 5.75 Å². The highest BCUT2D eigenvalue weighted by Gasteiger charge is 2.30. The average Bonchev–Trinajstić information content (AvgIpc) is 3.31. The summed E-state index contributed by atoms with van der Waals surface area (Å²) in [6.07, 6.45) is 0.769. The van der Waals surface area contributed by atoms with Gasteiger partial charge >= 0.3 is 5.97 Å². The number of aryl methyl sites for hydroxylation is 1. The van der Waals surface area contributed by atoms with Crippen LogP contribution >= 0.6 is 0 Å². The molecule has 5 rings (SSSR count). The molecule has 0 atom stereocenters. The summed E-state index contributed by atoms with van der Waals surface area (Å²) in [6, 6.07) is 21.3. The van der Waals surface area contributed by atoms with Crippen LogP contribution in [0.3, 0.4) is 0 Å². The van der Waals surface area contributed by atoms with Gasteiger partial charge in [0.25, 0.3) is 5.91 Å². The Kier molecular flexibility index (Phi) is 6.00. The average molecular weight is 484 g/mol. The van der Waals surface area contributed by atoms with Crippen LogP contribution in [-0.4, -0.2) is 43.6 Å². The predicted molar refractivity (Wildman–Crippen MR) is 137 cm³/mol. The number of amides is 1. The van der Waals surface area contributed by atoms with Crippen molar-refractivity contribution in [3.05, 3.63) is 94.8 Å². The Morgan fingerprint density at radius 2 is 1.83 bits per heavy atom. The Labute approximate surface area is 210 Å². The number of benzene rings is 3. The summed E-state index contributed by atoms with van der Waals surface area (Å²) in [4.78, 5) is 31.1. The van der Waals surface area contributed by atoms with Gasteiger partial charge in [0.2, 0.25) is 0 Å². The van der Waals surface area contributed by atoms with Crippen molar-refractivity contribution in [1.29, 1.82) is 0 Å². The van der Waals surface area contributed by atoms with Crippen molar-refractivity contribution in [2.75, 3.05) is 6.54 Å². The third kappa shape index (κ3) is 4.82. The van der Waals surface area contributed by atoms with Crippen LogP contribution in [0.25, 0.3) is 11.0 Å². The summed E-state index contributed by atoms with van der Waals surface area (Å²) < 4.78 is 8.06. The summed E-state index contributed by atoms with van der Waals surface area (Å²) in [5.41, 5.74) is 4.89. The van der Waals surface area contributed by atoms with Crippen LogP contribution in [-0.2, 0) is 24.3 Å². The van der Waals surface area contributed by atoms with Gasteiger partial charge in [-0.15, -0.1) is 0 Å². The van der Waals surface area contributed by atoms with Crippen LogP contribution in [0.15, 0.2) is 66.7 Å². The number of fused-ring (bicyclic) bond motifs is 2. The number of carboxylic acids is 1. The van der Waals surface area contributed by atoms with E-state index in [1.54, 1.807) is 12.1 Å². The standard InChI is InChI=1S/C29H29N3O4/c1-19-30-24-14-22(10-11-25(24)32(19)17-20-7-5-4-6-8-20)28(35)31(18-27(33)34)16-21-9-12-26-23(13-21)15-29(2,3)36-26/h4-14H,15-18H2,1-3H3,(H,33,34). The second-order valence-corrected chi connectivity index (χ2v) is 9.97. The van der Waals surface area contributed by atoms with Gasteiger partial charge in [-0.3, -0.25) is 9.59 Å². The molecule has 0 bridgehead atoms. The molecule has 1 N–H and O–H groups in total. The number of carbonyl (C=O) groups is 2. The highest BCUT2D eigenvalue weighted by atomic mass is 16.5. The number of carboxylic acid groups (broad SMARTS) is 1. The summed E-state index contributed by atoms with van der Waals surface area (Å²) in [5, 5.41) is 9.50. The van der Waals surface area contributed by atoms with Crippen molar-refractivity contribution in [2.24, 2.45) is 0 Å². The smallest absolute Gasteiger partial charge is 0.323 e. The molecule has 1 aromatic heterocycles. The van der Waals surface area contributed by atoms with Gasteiger partial charge in [0.05, 0.1) is 11.0 Å². The number of imidazole rings is 1. The first-order chi connectivity index (χ1) is 17.2. The van der Waals surface area contributed by atoms with E-state index in [-0.39, 0.29) is 18.1 Å². The number of carbonyl (C=O) groups excluding carboxylic acids is 1. The van der Waals surface area contributed by atoms with Crippen LogP contribution < -0.4 is 4.74 Å². The van der Waals surface area contributed by atoms with Crippen LogP contribution in [0, 0.1) is 6.92 Å². The lowest BCUT2D eigenvalue weighted by molar-refractivity contribution is -0.137. The van der Waals surface area contributed by atoms with Crippen molar-refractivity contribution < 1.29 is 19.4 Å². The molecular weight excluding hydrogens is 454 g/mol. The highest BCUT2D eigenvalue weighted by Crippen LogP contribution is 2.35. The fourth-order valence-electron chi connectivity index (χ4n) is 4.88. The topological polar surface area (TPSA) is 84.7 Å². The normalized spacial score (nSPS) is 13.9. The van der Waals surface area contributed by atoms with Crippen molar-refractivity contribution in [3.8, 4) is 5.75 Å². The maximum Gasteiger partial charge on any atom is 0.323 e. The van der Waals surface area contributed by atoms with E-state index in [0.29, 0.717) is 17.6 Å². The number of hydrogen-bond donors (Lipinski definition) is 1. The molecule has 3 aromatic carbocycles. The first kappa shape index (κ1) is 23.6. The summed E-state index contributed by atoms with van der Waals surface area (Å²) >= 11 is 0.